The van der Waals surface area contributed by atoms with Gasteiger partial charge in [0.25, 0.3) is 0 Å². The molecule has 0 amide bonds. The highest BCUT2D eigenvalue weighted by Gasteiger charge is 2.40. The number of fused-ring (bicyclic) bond motifs is 1. The van der Waals surface area contributed by atoms with E-state index in [1.807, 2.05) is 38.1 Å². The van der Waals surface area contributed by atoms with Gasteiger partial charge in [0, 0.05) is 18.8 Å². The summed E-state index contributed by atoms with van der Waals surface area (Å²) in [6.45, 7) is 3.67. The van der Waals surface area contributed by atoms with E-state index in [2.05, 4.69) is 12.1 Å². The topological polar surface area (TPSA) is 66.8 Å². The SMILES string of the molecule is CC(C)OC(=O)CCC/C=C\C[C@H]1[C@@H](/C=C/[C@H](O)C2Cc3ccccc3C2)[C@@H](F)C[C@@H]1O. The number of hydrogen-bond acceptors (Lipinski definition) is 4. The normalized spacial score (nSPS) is 26.9. The number of benzene rings is 1. The first kappa shape index (κ1) is 24.7. The monoisotopic (exact) mass is 444 g/mol. The quantitative estimate of drug-likeness (QED) is 0.311. The summed E-state index contributed by atoms with van der Waals surface area (Å²) in [5.74, 6) is -0.659. The molecular formula is C27H37FO4. The smallest absolute Gasteiger partial charge is 0.306 e. The number of aliphatic hydroxyl groups is 2. The molecule has 4 nitrogen and oxygen atoms in total. The lowest BCUT2D eigenvalue weighted by molar-refractivity contribution is -0.147. The Morgan fingerprint density at radius 2 is 1.91 bits per heavy atom. The molecule has 5 heteroatoms. The van der Waals surface area contributed by atoms with Crippen LogP contribution in [0.5, 0.6) is 0 Å². The van der Waals surface area contributed by atoms with Crippen LogP contribution in [0.25, 0.3) is 0 Å². The van der Waals surface area contributed by atoms with Gasteiger partial charge in [0.15, 0.2) is 0 Å². The van der Waals surface area contributed by atoms with Crippen molar-refractivity contribution in [2.75, 3.05) is 0 Å². The van der Waals surface area contributed by atoms with Gasteiger partial charge in [0.2, 0.25) is 0 Å². The number of esters is 1. The van der Waals surface area contributed by atoms with E-state index in [4.69, 9.17) is 4.74 Å². The lowest BCUT2D eigenvalue weighted by atomic mass is 9.89. The maximum absolute atomic E-state index is 14.6. The third kappa shape index (κ3) is 6.76. The number of carbonyl (C=O) groups is 1. The van der Waals surface area contributed by atoms with E-state index >= 15 is 0 Å². The Bertz CT molecular complexity index is 778. The minimum Gasteiger partial charge on any atom is -0.463 e. The molecule has 1 fully saturated rings. The second kappa shape index (κ2) is 11.8. The van der Waals surface area contributed by atoms with Crippen LogP contribution in [0.2, 0.25) is 0 Å². The maximum Gasteiger partial charge on any atom is 0.306 e. The van der Waals surface area contributed by atoms with Crippen molar-refractivity contribution in [1.29, 1.82) is 0 Å². The molecule has 32 heavy (non-hydrogen) atoms. The van der Waals surface area contributed by atoms with Crippen LogP contribution in [-0.2, 0) is 22.4 Å². The fraction of sp³-hybridized carbons (Fsp3) is 0.593. The van der Waals surface area contributed by atoms with E-state index in [-0.39, 0.29) is 30.3 Å². The van der Waals surface area contributed by atoms with Gasteiger partial charge in [0.1, 0.15) is 6.17 Å². The van der Waals surface area contributed by atoms with Crippen molar-refractivity contribution >= 4 is 5.97 Å². The summed E-state index contributed by atoms with van der Waals surface area (Å²) in [6.07, 6.45) is 9.24. The number of unbranched alkanes of at least 4 members (excludes halogenated alkanes) is 1. The Morgan fingerprint density at radius 3 is 2.56 bits per heavy atom. The molecule has 0 radical (unpaired) electrons. The van der Waals surface area contributed by atoms with Gasteiger partial charge in [-0.25, -0.2) is 4.39 Å². The number of halogens is 1. The van der Waals surface area contributed by atoms with Crippen LogP contribution < -0.4 is 0 Å². The van der Waals surface area contributed by atoms with Gasteiger partial charge in [-0.05, 0) is 68.9 Å². The fourth-order valence-electron chi connectivity index (χ4n) is 4.96. The number of aliphatic hydroxyl groups excluding tert-OH is 2. The highest BCUT2D eigenvalue weighted by molar-refractivity contribution is 5.69. The van der Waals surface area contributed by atoms with Crippen LogP contribution in [0.15, 0.2) is 48.6 Å². The standard InChI is InChI=1S/C27H37FO4/c1-18(2)32-27(31)12-6-4-3-5-11-23-22(24(28)17-26(23)30)13-14-25(29)21-15-19-9-7-8-10-20(19)16-21/h3,5,7-10,13-14,18,21-26,29-30H,4,6,11-12,15-17H2,1-2H3/b5-3-,14-13+/t22-,23+,24+,25+,26+/m1/s1. The number of hydrogen-bond donors (Lipinski definition) is 2. The summed E-state index contributed by atoms with van der Waals surface area (Å²) >= 11 is 0. The van der Waals surface area contributed by atoms with Gasteiger partial charge in [-0.3, -0.25) is 4.79 Å². The minimum absolute atomic E-state index is 0.0944. The van der Waals surface area contributed by atoms with E-state index in [1.54, 1.807) is 12.2 Å². The van der Waals surface area contributed by atoms with Gasteiger partial charge in [-0.2, -0.15) is 0 Å². The highest BCUT2D eigenvalue weighted by atomic mass is 19.1. The maximum atomic E-state index is 14.6. The Hall–Kier alpha value is -1.98. The molecule has 0 saturated heterocycles. The van der Waals surface area contributed by atoms with Gasteiger partial charge in [-0.1, -0.05) is 48.6 Å². The van der Waals surface area contributed by atoms with Crippen molar-refractivity contribution in [2.24, 2.45) is 17.8 Å². The molecule has 2 aliphatic carbocycles. The van der Waals surface area contributed by atoms with E-state index in [1.165, 1.54) is 11.1 Å². The highest BCUT2D eigenvalue weighted by Crippen LogP contribution is 2.38. The third-order valence-corrected chi connectivity index (χ3v) is 6.66. The van der Waals surface area contributed by atoms with Crippen LogP contribution in [0.4, 0.5) is 4.39 Å². The average Bonchev–Trinajstić information content (AvgIpc) is 3.29. The van der Waals surface area contributed by atoms with Crippen molar-refractivity contribution in [3.05, 3.63) is 59.7 Å². The first-order valence-electron chi connectivity index (χ1n) is 11.9. The summed E-state index contributed by atoms with van der Waals surface area (Å²) in [6, 6.07) is 8.25. The van der Waals surface area contributed by atoms with E-state index < -0.39 is 24.3 Å². The summed E-state index contributed by atoms with van der Waals surface area (Å²) in [4.78, 5) is 11.6. The lowest BCUT2D eigenvalue weighted by Gasteiger charge is -2.20. The van der Waals surface area contributed by atoms with Crippen molar-refractivity contribution in [3.63, 3.8) is 0 Å². The molecule has 0 unspecified atom stereocenters. The van der Waals surface area contributed by atoms with Crippen molar-refractivity contribution in [3.8, 4) is 0 Å². The van der Waals surface area contributed by atoms with Crippen molar-refractivity contribution < 1.29 is 24.1 Å². The van der Waals surface area contributed by atoms with Gasteiger partial charge in [0.05, 0.1) is 18.3 Å². The number of alkyl halides is 1. The molecule has 176 valence electrons. The summed E-state index contributed by atoms with van der Waals surface area (Å²) in [5, 5.41) is 21.0. The molecule has 1 aromatic rings. The van der Waals surface area contributed by atoms with Crippen LogP contribution in [0.1, 0.15) is 57.1 Å². The molecule has 1 saturated carbocycles. The predicted molar refractivity (Wildman–Crippen MR) is 124 cm³/mol. The second-order valence-electron chi connectivity index (χ2n) is 9.51. The zero-order chi connectivity index (χ0) is 23.1. The number of ether oxygens (including phenoxy) is 1. The molecular weight excluding hydrogens is 407 g/mol. The molecule has 0 aromatic heterocycles. The predicted octanol–water partition coefficient (Wildman–Crippen LogP) is 4.72. The minimum atomic E-state index is -1.10. The molecule has 0 aliphatic heterocycles. The Morgan fingerprint density at radius 1 is 1.22 bits per heavy atom. The Balaban J connectivity index is 1.47. The summed E-state index contributed by atoms with van der Waals surface area (Å²) < 4.78 is 19.7. The number of allylic oxidation sites excluding steroid dienone is 3. The zero-order valence-corrected chi connectivity index (χ0v) is 19.2. The molecule has 1 aromatic carbocycles. The molecule has 3 rings (SSSR count). The molecule has 0 spiro atoms. The van der Waals surface area contributed by atoms with E-state index in [9.17, 15) is 19.4 Å². The molecule has 2 aliphatic rings. The van der Waals surface area contributed by atoms with Crippen molar-refractivity contribution in [2.45, 2.75) is 83.3 Å². The first-order chi connectivity index (χ1) is 15.3. The number of rotatable bonds is 10. The lowest BCUT2D eigenvalue weighted by Crippen LogP contribution is -2.21. The summed E-state index contributed by atoms with van der Waals surface area (Å²) in [5.41, 5.74) is 2.56. The van der Waals surface area contributed by atoms with Gasteiger partial charge < -0.3 is 14.9 Å². The largest absolute Gasteiger partial charge is 0.463 e. The molecule has 0 heterocycles. The molecule has 2 N–H and O–H groups in total. The van der Waals surface area contributed by atoms with Crippen LogP contribution in [0, 0.1) is 17.8 Å². The first-order valence-corrected chi connectivity index (χ1v) is 11.9. The third-order valence-electron chi connectivity index (χ3n) is 6.66. The van der Waals surface area contributed by atoms with Gasteiger partial charge in [-0.15, -0.1) is 0 Å². The average molecular weight is 445 g/mol. The Labute approximate surface area is 191 Å². The van der Waals surface area contributed by atoms with Gasteiger partial charge >= 0.3 is 5.97 Å². The second-order valence-corrected chi connectivity index (χ2v) is 9.51. The Kier molecular flexibility index (Phi) is 9.06. The fourth-order valence-corrected chi connectivity index (χ4v) is 4.96. The van der Waals surface area contributed by atoms with Crippen LogP contribution in [0.3, 0.4) is 0 Å². The van der Waals surface area contributed by atoms with E-state index in [0.717, 1.165) is 19.3 Å². The van der Waals surface area contributed by atoms with E-state index in [0.29, 0.717) is 19.3 Å². The molecule has 5 atom stereocenters. The molecule has 0 bridgehead atoms. The van der Waals surface area contributed by atoms with Crippen LogP contribution in [-0.4, -0.2) is 40.7 Å². The summed E-state index contributed by atoms with van der Waals surface area (Å²) in [7, 11) is 0. The van der Waals surface area contributed by atoms with Crippen LogP contribution >= 0.6 is 0 Å². The zero-order valence-electron chi connectivity index (χ0n) is 19.2. The number of carbonyl (C=O) groups excluding carboxylic acids is 1. The van der Waals surface area contributed by atoms with Crippen molar-refractivity contribution in [1.82, 2.24) is 0 Å².